The first-order valence-corrected chi connectivity index (χ1v) is 5.81. The molecule has 92 valence electrons. The van der Waals surface area contributed by atoms with Crippen molar-refractivity contribution in [3.05, 3.63) is 0 Å². The first-order valence-electron chi connectivity index (χ1n) is 5.81. The highest BCUT2D eigenvalue weighted by atomic mass is 16.5. The summed E-state index contributed by atoms with van der Waals surface area (Å²) in [6, 6.07) is 0. The van der Waals surface area contributed by atoms with Crippen LogP contribution in [0.25, 0.3) is 0 Å². The lowest BCUT2D eigenvalue weighted by Gasteiger charge is -2.51. The molecule has 2 aliphatic rings. The van der Waals surface area contributed by atoms with Gasteiger partial charge in [-0.3, -0.25) is 0 Å². The van der Waals surface area contributed by atoms with Crippen molar-refractivity contribution in [1.29, 1.82) is 0 Å². The van der Waals surface area contributed by atoms with Gasteiger partial charge in [-0.1, -0.05) is 0 Å². The molecule has 0 aliphatic carbocycles. The van der Waals surface area contributed by atoms with Gasteiger partial charge >= 0.3 is 6.09 Å². The number of nitrogens with zero attached hydrogens (tertiary/aromatic N) is 1. The van der Waals surface area contributed by atoms with Gasteiger partial charge in [-0.15, -0.1) is 0 Å². The Morgan fingerprint density at radius 3 is 2.50 bits per heavy atom. The van der Waals surface area contributed by atoms with Crippen LogP contribution in [0.3, 0.4) is 0 Å². The summed E-state index contributed by atoms with van der Waals surface area (Å²) in [5, 5.41) is 12.4. The Labute approximate surface area is 95.8 Å². The zero-order chi connectivity index (χ0) is 11.8. The molecule has 2 aliphatic heterocycles. The average molecular weight is 228 g/mol. The van der Waals surface area contributed by atoms with E-state index in [0.717, 1.165) is 25.9 Å². The van der Waals surface area contributed by atoms with Crippen LogP contribution in [0.15, 0.2) is 0 Å². The van der Waals surface area contributed by atoms with Gasteiger partial charge in [0.05, 0.1) is 24.3 Å². The van der Waals surface area contributed by atoms with Gasteiger partial charge in [0.15, 0.2) is 0 Å². The molecule has 0 aromatic heterocycles. The number of hydrogen-bond acceptors (Lipinski definition) is 3. The average Bonchev–Trinajstić information content (AvgIpc) is 2.15. The monoisotopic (exact) mass is 228 g/mol. The number of carboxylic acid groups (broad SMARTS) is 1. The second-order valence-corrected chi connectivity index (χ2v) is 5.43. The third-order valence-electron chi connectivity index (χ3n) is 3.33. The molecule has 0 aromatic carbocycles. The van der Waals surface area contributed by atoms with Gasteiger partial charge in [-0.25, -0.2) is 4.79 Å². The van der Waals surface area contributed by atoms with Crippen LogP contribution in [0.1, 0.15) is 26.7 Å². The SMILES string of the molecule is CC1(C)CN(C(=O)O)CC2(CCNCC2)O1. The molecule has 5 heteroatoms. The Hall–Kier alpha value is -0.810. The van der Waals surface area contributed by atoms with Crippen molar-refractivity contribution in [2.75, 3.05) is 26.2 Å². The zero-order valence-corrected chi connectivity index (χ0v) is 9.95. The van der Waals surface area contributed by atoms with Crippen molar-refractivity contribution in [2.24, 2.45) is 0 Å². The van der Waals surface area contributed by atoms with Gasteiger partial charge < -0.3 is 20.1 Å². The highest BCUT2D eigenvalue weighted by Gasteiger charge is 2.46. The number of hydrogen-bond donors (Lipinski definition) is 2. The maximum atomic E-state index is 11.1. The van der Waals surface area contributed by atoms with Gasteiger partial charge in [0.25, 0.3) is 0 Å². The number of amides is 1. The number of carbonyl (C=O) groups is 1. The number of rotatable bonds is 0. The number of ether oxygens (including phenoxy) is 1. The predicted octanol–water partition coefficient (Wildman–Crippen LogP) is 0.897. The largest absolute Gasteiger partial charge is 0.465 e. The summed E-state index contributed by atoms with van der Waals surface area (Å²) < 4.78 is 6.14. The Kier molecular flexibility index (Phi) is 2.84. The van der Waals surface area contributed by atoms with E-state index in [9.17, 15) is 4.79 Å². The van der Waals surface area contributed by atoms with Crippen molar-refractivity contribution >= 4 is 6.09 Å². The third kappa shape index (κ3) is 2.30. The van der Waals surface area contributed by atoms with E-state index in [2.05, 4.69) is 5.32 Å². The molecule has 0 bridgehead atoms. The lowest BCUT2D eigenvalue weighted by Crippen LogP contribution is -2.63. The van der Waals surface area contributed by atoms with Gasteiger partial charge in [-0.2, -0.15) is 0 Å². The van der Waals surface area contributed by atoms with E-state index < -0.39 is 6.09 Å². The van der Waals surface area contributed by atoms with Crippen LogP contribution in [0.5, 0.6) is 0 Å². The molecule has 2 saturated heterocycles. The van der Waals surface area contributed by atoms with Crippen LogP contribution < -0.4 is 5.32 Å². The third-order valence-corrected chi connectivity index (χ3v) is 3.33. The molecule has 0 radical (unpaired) electrons. The van der Waals surface area contributed by atoms with Crippen LogP contribution in [0, 0.1) is 0 Å². The maximum Gasteiger partial charge on any atom is 0.407 e. The van der Waals surface area contributed by atoms with Crippen LogP contribution in [-0.2, 0) is 4.74 Å². The fourth-order valence-electron chi connectivity index (χ4n) is 2.79. The van der Waals surface area contributed by atoms with E-state index in [4.69, 9.17) is 9.84 Å². The molecule has 2 rings (SSSR count). The molecule has 0 atom stereocenters. The predicted molar refractivity (Wildman–Crippen MR) is 59.6 cm³/mol. The molecule has 0 saturated carbocycles. The minimum atomic E-state index is -0.839. The first-order chi connectivity index (χ1) is 7.43. The van der Waals surface area contributed by atoms with Crippen molar-refractivity contribution in [3.63, 3.8) is 0 Å². The Morgan fingerprint density at radius 2 is 1.94 bits per heavy atom. The van der Waals surface area contributed by atoms with Crippen LogP contribution in [0.2, 0.25) is 0 Å². The fourth-order valence-corrected chi connectivity index (χ4v) is 2.79. The van der Waals surface area contributed by atoms with Gasteiger partial charge in [-0.05, 0) is 39.8 Å². The Morgan fingerprint density at radius 1 is 1.31 bits per heavy atom. The highest BCUT2D eigenvalue weighted by molar-refractivity contribution is 5.65. The van der Waals surface area contributed by atoms with Gasteiger partial charge in [0.1, 0.15) is 0 Å². The first kappa shape index (κ1) is 11.7. The number of piperidine rings is 1. The standard InChI is InChI=1S/C11H20N2O3/c1-10(2)7-13(9(14)15)8-11(16-10)3-5-12-6-4-11/h12H,3-8H2,1-2H3,(H,14,15). The molecule has 2 heterocycles. The summed E-state index contributed by atoms with van der Waals surface area (Å²) in [5.74, 6) is 0. The second-order valence-electron chi connectivity index (χ2n) is 5.43. The van der Waals surface area contributed by atoms with Gasteiger partial charge in [0.2, 0.25) is 0 Å². The summed E-state index contributed by atoms with van der Waals surface area (Å²) in [6.45, 7) is 6.70. The van der Waals surface area contributed by atoms with E-state index in [1.807, 2.05) is 13.8 Å². The van der Waals surface area contributed by atoms with E-state index in [1.165, 1.54) is 4.90 Å². The lowest BCUT2D eigenvalue weighted by atomic mass is 9.87. The van der Waals surface area contributed by atoms with Gasteiger partial charge in [0, 0.05) is 0 Å². The zero-order valence-electron chi connectivity index (χ0n) is 9.95. The second kappa shape index (κ2) is 3.89. The highest BCUT2D eigenvalue weighted by Crippen LogP contribution is 2.34. The Bertz CT molecular complexity index is 285. The van der Waals surface area contributed by atoms with Crippen molar-refractivity contribution < 1.29 is 14.6 Å². The normalized spacial score (nSPS) is 28.0. The summed E-state index contributed by atoms with van der Waals surface area (Å²) >= 11 is 0. The molecule has 1 spiro atoms. The minimum absolute atomic E-state index is 0.272. The molecular weight excluding hydrogens is 208 g/mol. The van der Waals surface area contributed by atoms with Crippen LogP contribution in [-0.4, -0.2) is 53.5 Å². The molecular formula is C11H20N2O3. The lowest BCUT2D eigenvalue weighted by molar-refractivity contribution is -0.199. The summed E-state index contributed by atoms with van der Waals surface area (Å²) in [7, 11) is 0. The number of nitrogens with one attached hydrogen (secondary N) is 1. The van der Waals surface area contributed by atoms with Crippen molar-refractivity contribution in [1.82, 2.24) is 10.2 Å². The molecule has 16 heavy (non-hydrogen) atoms. The smallest absolute Gasteiger partial charge is 0.407 e. The molecule has 5 nitrogen and oxygen atoms in total. The van der Waals surface area contributed by atoms with Crippen LogP contribution in [0.4, 0.5) is 4.79 Å². The summed E-state index contributed by atoms with van der Waals surface area (Å²) in [6.07, 6.45) is 0.940. The fraction of sp³-hybridized carbons (Fsp3) is 0.909. The van der Waals surface area contributed by atoms with E-state index in [1.54, 1.807) is 0 Å². The summed E-state index contributed by atoms with van der Waals surface area (Å²) in [4.78, 5) is 12.6. The maximum absolute atomic E-state index is 11.1. The van der Waals surface area contributed by atoms with E-state index in [-0.39, 0.29) is 11.2 Å². The molecule has 0 aromatic rings. The molecule has 0 unspecified atom stereocenters. The number of morpholine rings is 1. The Balaban J connectivity index is 2.16. The summed E-state index contributed by atoms with van der Waals surface area (Å²) in [5.41, 5.74) is -0.653. The van der Waals surface area contributed by atoms with Crippen molar-refractivity contribution in [2.45, 2.75) is 37.9 Å². The topological polar surface area (TPSA) is 61.8 Å². The minimum Gasteiger partial charge on any atom is -0.465 e. The van der Waals surface area contributed by atoms with E-state index in [0.29, 0.717) is 13.1 Å². The van der Waals surface area contributed by atoms with Crippen molar-refractivity contribution in [3.8, 4) is 0 Å². The van der Waals surface area contributed by atoms with E-state index >= 15 is 0 Å². The quantitative estimate of drug-likeness (QED) is 0.646. The molecule has 2 N–H and O–H groups in total. The molecule has 2 fully saturated rings. The molecule has 1 amide bonds. The van der Waals surface area contributed by atoms with Crippen LogP contribution >= 0.6 is 0 Å².